The van der Waals surface area contributed by atoms with Crippen LogP contribution in [0.5, 0.6) is 0 Å². The predicted molar refractivity (Wildman–Crippen MR) is 107 cm³/mol. The molecule has 146 valence electrons. The lowest BCUT2D eigenvalue weighted by Crippen LogP contribution is -2.24. The molecule has 3 rings (SSSR count). The first-order valence-corrected chi connectivity index (χ1v) is 9.10. The maximum atomic E-state index is 12.3. The van der Waals surface area contributed by atoms with Gasteiger partial charge in [0.25, 0.3) is 5.91 Å². The zero-order valence-electron chi connectivity index (χ0n) is 16.2. The monoisotopic (exact) mass is 380 g/mol. The minimum atomic E-state index is -0.520. The zero-order chi connectivity index (χ0) is 20.1. The van der Waals surface area contributed by atoms with Crippen LogP contribution in [0, 0.1) is 0 Å². The largest absolute Gasteiger partial charge is 0.460 e. The van der Waals surface area contributed by atoms with E-state index in [9.17, 15) is 9.59 Å². The van der Waals surface area contributed by atoms with Crippen LogP contribution in [0.2, 0.25) is 0 Å². The molecule has 2 N–H and O–H groups in total. The molecule has 1 amide bonds. The Bertz CT molecular complexity index is 971. The van der Waals surface area contributed by atoms with Crippen LogP contribution in [0.4, 0.5) is 0 Å². The third-order valence-electron chi connectivity index (χ3n) is 3.94. The van der Waals surface area contributed by atoms with E-state index in [0.29, 0.717) is 12.2 Å². The third-order valence-corrected chi connectivity index (χ3v) is 3.94. The summed E-state index contributed by atoms with van der Waals surface area (Å²) >= 11 is 0. The average molecular weight is 380 g/mol. The molecule has 1 heterocycles. The molecule has 0 saturated carbocycles. The number of benzene rings is 2. The summed E-state index contributed by atoms with van der Waals surface area (Å²) in [7, 11) is 0. The standard InChI is InChI=1S/C22H24N2O4/c1-22(2,3)28-20(25)13-18-12-17-11-16(9-10-19(17)23-18)21(26)24-27-14-15-7-5-4-6-8-15/h4-12,23H,13-14H2,1-3H3,(H,24,26). The van der Waals surface area contributed by atoms with Crippen LogP contribution in [0.1, 0.15) is 42.4 Å². The van der Waals surface area contributed by atoms with Crippen molar-refractivity contribution < 1.29 is 19.2 Å². The third kappa shape index (κ3) is 5.44. The highest BCUT2D eigenvalue weighted by Gasteiger charge is 2.17. The molecular formula is C22H24N2O4. The Morgan fingerprint density at radius 2 is 1.79 bits per heavy atom. The second-order valence-corrected chi connectivity index (χ2v) is 7.57. The van der Waals surface area contributed by atoms with Crippen molar-refractivity contribution in [3.63, 3.8) is 0 Å². The number of carbonyl (C=O) groups is 2. The van der Waals surface area contributed by atoms with Gasteiger partial charge in [-0.05, 0) is 50.6 Å². The van der Waals surface area contributed by atoms with E-state index in [1.807, 2.05) is 57.2 Å². The van der Waals surface area contributed by atoms with Gasteiger partial charge in [0.05, 0.1) is 13.0 Å². The summed E-state index contributed by atoms with van der Waals surface area (Å²) in [6.45, 7) is 5.79. The second kappa shape index (κ2) is 8.27. The van der Waals surface area contributed by atoms with Gasteiger partial charge in [0, 0.05) is 22.2 Å². The quantitative estimate of drug-likeness (QED) is 0.502. The van der Waals surface area contributed by atoms with Crippen molar-refractivity contribution in [2.45, 2.75) is 39.4 Å². The van der Waals surface area contributed by atoms with Crippen LogP contribution in [0.25, 0.3) is 10.9 Å². The highest BCUT2D eigenvalue weighted by molar-refractivity contribution is 5.97. The van der Waals surface area contributed by atoms with E-state index in [4.69, 9.17) is 9.57 Å². The number of aromatic amines is 1. The van der Waals surface area contributed by atoms with Gasteiger partial charge in [0.15, 0.2) is 0 Å². The number of rotatable bonds is 6. The fourth-order valence-corrected chi connectivity index (χ4v) is 2.78. The number of fused-ring (bicyclic) bond motifs is 1. The second-order valence-electron chi connectivity index (χ2n) is 7.57. The molecule has 1 aromatic heterocycles. The lowest BCUT2D eigenvalue weighted by molar-refractivity contribution is -0.153. The first-order chi connectivity index (χ1) is 13.3. The molecule has 0 bridgehead atoms. The van der Waals surface area contributed by atoms with Gasteiger partial charge in [-0.15, -0.1) is 0 Å². The van der Waals surface area contributed by atoms with E-state index < -0.39 is 5.60 Å². The number of H-pyrrole nitrogens is 1. The van der Waals surface area contributed by atoms with Crippen molar-refractivity contribution in [2.24, 2.45) is 0 Å². The Balaban J connectivity index is 1.61. The van der Waals surface area contributed by atoms with Crippen molar-refractivity contribution in [3.05, 3.63) is 71.4 Å². The van der Waals surface area contributed by atoms with E-state index >= 15 is 0 Å². The van der Waals surface area contributed by atoms with Gasteiger partial charge in [-0.1, -0.05) is 30.3 Å². The van der Waals surface area contributed by atoms with Crippen LogP contribution in [-0.4, -0.2) is 22.5 Å². The van der Waals surface area contributed by atoms with E-state index in [1.54, 1.807) is 18.2 Å². The molecule has 0 spiro atoms. The van der Waals surface area contributed by atoms with E-state index in [2.05, 4.69) is 10.5 Å². The van der Waals surface area contributed by atoms with Gasteiger partial charge >= 0.3 is 5.97 Å². The smallest absolute Gasteiger partial charge is 0.312 e. The molecule has 0 unspecified atom stereocenters. The van der Waals surface area contributed by atoms with Crippen LogP contribution in [0.3, 0.4) is 0 Å². The lowest BCUT2D eigenvalue weighted by atomic mass is 10.1. The first kappa shape index (κ1) is 19.6. The van der Waals surface area contributed by atoms with Crippen molar-refractivity contribution in [3.8, 4) is 0 Å². The Hall–Kier alpha value is -3.12. The summed E-state index contributed by atoms with van der Waals surface area (Å²) in [5.41, 5.74) is 4.96. The maximum absolute atomic E-state index is 12.3. The summed E-state index contributed by atoms with van der Waals surface area (Å²) in [5.74, 6) is -0.626. The van der Waals surface area contributed by atoms with Gasteiger partial charge in [0.2, 0.25) is 0 Å². The summed E-state index contributed by atoms with van der Waals surface area (Å²) in [5, 5.41) is 0.842. The predicted octanol–water partition coefficient (Wildman–Crippen LogP) is 3.91. The number of carbonyl (C=O) groups excluding carboxylic acids is 2. The number of ether oxygens (including phenoxy) is 1. The molecule has 0 radical (unpaired) electrons. The van der Waals surface area contributed by atoms with Crippen LogP contribution >= 0.6 is 0 Å². The molecule has 0 fully saturated rings. The number of hydrogen-bond acceptors (Lipinski definition) is 4. The Morgan fingerprint density at radius 3 is 2.50 bits per heavy atom. The Labute approximate surface area is 163 Å². The first-order valence-electron chi connectivity index (χ1n) is 9.10. The van der Waals surface area contributed by atoms with Crippen LogP contribution in [0.15, 0.2) is 54.6 Å². The normalized spacial score (nSPS) is 11.4. The van der Waals surface area contributed by atoms with Crippen LogP contribution in [-0.2, 0) is 27.4 Å². The van der Waals surface area contributed by atoms with E-state index in [1.165, 1.54) is 0 Å². The summed E-state index contributed by atoms with van der Waals surface area (Å²) in [4.78, 5) is 32.8. The highest BCUT2D eigenvalue weighted by Crippen LogP contribution is 2.19. The molecule has 0 aliphatic heterocycles. The van der Waals surface area contributed by atoms with Crippen molar-refractivity contribution in [1.82, 2.24) is 10.5 Å². The molecule has 0 aliphatic rings. The minimum absolute atomic E-state index is 0.146. The molecular weight excluding hydrogens is 356 g/mol. The molecule has 0 aliphatic carbocycles. The summed E-state index contributed by atoms with van der Waals surface area (Å²) < 4.78 is 5.34. The number of amides is 1. The molecule has 3 aromatic rings. The van der Waals surface area contributed by atoms with Crippen LogP contribution < -0.4 is 5.48 Å². The SMILES string of the molecule is CC(C)(C)OC(=O)Cc1cc2cc(C(=O)NOCc3ccccc3)ccc2[nH]1. The molecule has 28 heavy (non-hydrogen) atoms. The number of hydroxylamine groups is 1. The number of hydrogen-bond donors (Lipinski definition) is 2. The fraction of sp³-hybridized carbons (Fsp3) is 0.273. The van der Waals surface area contributed by atoms with Gasteiger partial charge < -0.3 is 9.72 Å². The van der Waals surface area contributed by atoms with Crippen molar-refractivity contribution in [1.29, 1.82) is 0 Å². The fourth-order valence-electron chi connectivity index (χ4n) is 2.78. The van der Waals surface area contributed by atoms with Crippen molar-refractivity contribution >= 4 is 22.8 Å². The molecule has 2 aromatic carbocycles. The lowest BCUT2D eigenvalue weighted by Gasteiger charge is -2.19. The molecule has 6 nitrogen and oxygen atoms in total. The average Bonchev–Trinajstić information content (AvgIpc) is 3.02. The number of aromatic nitrogens is 1. The van der Waals surface area contributed by atoms with Gasteiger partial charge in [0.1, 0.15) is 5.60 Å². The molecule has 6 heteroatoms. The van der Waals surface area contributed by atoms with Gasteiger partial charge in [-0.25, -0.2) is 5.48 Å². The summed E-state index contributed by atoms with van der Waals surface area (Å²) in [6.07, 6.45) is 0.146. The Morgan fingerprint density at radius 1 is 1.04 bits per heavy atom. The molecule has 0 atom stereocenters. The highest BCUT2D eigenvalue weighted by atomic mass is 16.6. The van der Waals surface area contributed by atoms with E-state index in [0.717, 1.165) is 22.2 Å². The van der Waals surface area contributed by atoms with Gasteiger partial charge in [-0.3, -0.25) is 14.4 Å². The van der Waals surface area contributed by atoms with Gasteiger partial charge in [-0.2, -0.15) is 0 Å². The topological polar surface area (TPSA) is 80.4 Å². The minimum Gasteiger partial charge on any atom is -0.460 e. The zero-order valence-corrected chi connectivity index (χ0v) is 16.2. The Kier molecular flexibility index (Phi) is 5.80. The van der Waals surface area contributed by atoms with E-state index in [-0.39, 0.29) is 18.3 Å². The molecule has 0 saturated heterocycles. The maximum Gasteiger partial charge on any atom is 0.312 e. The number of nitrogens with one attached hydrogen (secondary N) is 2. The number of esters is 1. The van der Waals surface area contributed by atoms with Crippen molar-refractivity contribution in [2.75, 3.05) is 0 Å². The summed E-state index contributed by atoms with van der Waals surface area (Å²) in [6, 6.07) is 16.7.